The largest absolute Gasteiger partial charge is 0.372 e. The number of morpholine rings is 1. The summed E-state index contributed by atoms with van der Waals surface area (Å²) in [5.74, 6) is 1.83. The fourth-order valence-electron chi connectivity index (χ4n) is 2.96. The predicted octanol–water partition coefficient (Wildman–Crippen LogP) is 2.83. The van der Waals surface area contributed by atoms with Crippen molar-refractivity contribution in [2.75, 3.05) is 24.6 Å². The molecule has 0 aliphatic carbocycles. The SMILES string of the molecule is C=C(C)Cn1c(Cc2csc(C)n2)nnc1N1CCOC(C)(C)C1. The quantitative estimate of drug-likeness (QED) is 0.779. The van der Waals surface area contributed by atoms with Crippen molar-refractivity contribution in [2.24, 2.45) is 0 Å². The van der Waals surface area contributed by atoms with E-state index >= 15 is 0 Å². The van der Waals surface area contributed by atoms with Crippen molar-refractivity contribution >= 4 is 17.3 Å². The van der Waals surface area contributed by atoms with Crippen LogP contribution in [0, 0.1) is 6.92 Å². The van der Waals surface area contributed by atoms with Gasteiger partial charge in [-0.3, -0.25) is 4.57 Å². The Bertz CT molecular complexity index is 733. The molecule has 0 unspecified atom stereocenters. The Balaban J connectivity index is 1.90. The summed E-state index contributed by atoms with van der Waals surface area (Å²) in [6, 6.07) is 0. The monoisotopic (exact) mass is 347 g/mol. The first kappa shape index (κ1) is 17.1. The molecule has 7 heteroatoms. The zero-order valence-corrected chi connectivity index (χ0v) is 15.7. The summed E-state index contributed by atoms with van der Waals surface area (Å²) in [5, 5.41) is 12.1. The first-order chi connectivity index (χ1) is 11.3. The third-order valence-corrected chi connectivity index (χ3v) is 4.77. The number of aryl methyl sites for hydroxylation is 1. The second-order valence-electron chi connectivity index (χ2n) is 7.02. The summed E-state index contributed by atoms with van der Waals surface area (Å²) in [4.78, 5) is 6.81. The van der Waals surface area contributed by atoms with Crippen LogP contribution in [0.2, 0.25) is 0 Å². The first-order valence-corrected chi connectivity index (χ1v) is 9.08. The van der Waals surface area contributed by atoms with Crippen molar-refractivity contribution in [3.05, 3.63) is 34.1 Å². The molecule has 1 aliphatic rings. The van der Waals surface area contributed by atoms with Gasteiger partial charge >= 0.3 is 0 Å². The third kappa shape index (κ3) is 3.84. The summed E-state index contributed by atoms with van der Waals surface area (Å²) in [5.41, 5.74) is 1.95. The highest BCUT2D eigenvalue weighted by molar-refractivity contribution is 7.09. The molecule has 0 spiro atoms. The van der Waals surface area contributed by atoms with Crippen molar-refractivity contribution < 1.29 is 4.74 Å². The Hall–Kier alpha value is -1.73. The minimum Gasteiger partial charge on any atom is -0.372 e. The molecule has 3 rings (SSSR count). The number of hydrogen-bond acceptors (Lipinski definition) is 6. The summed E-state index contributed by atoms with van der Waals surface area (Å²) in [7, 11) is 0. The van der Waals surface area contributed by atoms with Gasteiger partial charge in [0.05, 0.1) is 29.3 Å². The maximum absolute atomic E-state index is 5.82. The summed E-state index contributed by atoms with van der Waals surface area (Å²) >= 11 is 1.66. The second kappa shape index (κ2) is 6.64. The van der Waals surface area contributed by atoms with E-state index in [2.05, 4.69) is 50.5 Å². The Morgan fingerprint density at radius 1 is 1.42 bits per heavy atom. The van der Waals surface area contributed by atoms with Gasteiger partial charge in [0, 0.05) is 25.0 Å². The highest BCUT2D eigenvalue weighted by Crippen LogP contribution is 2.24. The smallest absolute Gasteiger partial charge is 0.227 e. The lowest BCUT2D eigenvalue weighted by atomic mass is 10.1. The maximum atomic E-state index is 5.82. The predicted molar refractivity (Wildman–Crippen MR) is 96.7 cm³/mol. The molecule has 0 atom stereocenters. The highest BCUT2D eigenvalue weighted by Gasteiger charge is 2.30. The zero-order valence-electron chi connectivity index (χ0n) is 14.9. The van der Waals surface area contributed by atoms with Gasteiger partial charge in [-0.15, -0.1) is 21.5 Å². The minimum atomic E-state index is -0.176. The molecule has 1 saturated heterocycles. The minimum absolute atomic E-state index is 0.176. The molecule has 130 valence electrons. The molecule has 3 heterocycles. The van der Waals surface area contributed by atoms with E-state index in [0.29, 0.717) is 13.0 Å². The van der Waals surface area contributed by atoms with Crippen molar-refractivity contribution in [1.29, 1.82) is 0 Å². The molecule has 0 amide bonds. The van der Waals surface area contributed by atoms with Crippen LogP contribution in [-0.4, -0.2) is 45.0 Å². The molecular formula is C17H25N5OS. The molecule has 0 bridgehead atoms. The van der Waals surface area contributed by atoms with Crippen LogP contribution in [0.15, 0.2) is 17.5 Å². The van der Waals surface area contributed by atoms with Crippen molar-refractivity contribution in [3.63, 3.8) is 0 Å². The molecule has 1 aliphatic heterocycles. The van der Waals surface area contributed by atoms with E-state index in [9.17, 15) is 0 Å². The highest BCUT2D eigenvalue weighted by atomic mass is 32.1. The second-order valence-corrected chi connectivity index (χ2v) is 8.09. The van der Waals surface area contributed by atoms with Crippen LogP contribution in [-0.2, 0) is 17.7 Å². The number of aromatic nitrogens is 4. The first-order valence-electron chi connectivity index (χ1n) is 8.20. The Kier molecular flexibility index (Phi) is 4.73. The van der Waals surface area contributed by atoms with Crippen molar-refractivity contribution in [2.45, 2.75) is 46.3 Å². The number of ether oxygens (including phenoxy) is 1. The van der Waals surface area contributed by atoms with Gasteiger partial charge in [-0.25, -0.2) is 4.98 Å². The van der Waals surface area contributed by atoms with Crippen LogP contribution in [0.4, 0.5) is 5.95 Å². The summed E-state index contributed by atoms with van der Waals surface area (Å²) < 4.78 is 7.98. The van der Waals surface area contributed by atoms with Gasteiger partial charge in [0.1, 0.15) is 5.82 Å². The third-order valence-electron chi connectivity index (χ3n) is 3.95. The molecule has 2 aromatic heterocycles. The molecule has 0 radical (unpaired) electrons. The van der Waals surface area contributed by atoms with Gasteiger partial charge in [0.25, 0.3) is 0 Å². The van der Waals surface area contributed by atoms with Gasteiger partial charge in [0.2, 0.25) is 5.95 Å². The van der Waals surface area contributed by atoms with Crippen LogP contribution in [0.1, 0.15) is 37.3 Å². The van der Waals surface area contributed by atoms with E-state index in [1.807, 2.05) is 13.8 Å². The standard InChI is InChI=1S/C17H25N5OS/c1-12(2)9-22-15(8-14-10-24-13(3)18-14)19-20-16(22)21-6-7-23-17(4,5)11-21/h10H,1,6-9,11H2,2-5H3. The van der Waals surface area contributed by atoms with E-state index < -0.39 is 0 Å². The number of hydrogen-bond donors (Lipinski definition) is 0. The lowest BCUT2D eigenvalue weighted by Crippen LogP contribution is -2.49. The van der Waals surface area contributed by atoms with E-state index in [1.165, 1.54) is 0 Å². The van der Waals surface area contributed by atoms with Gasteiger partial charge < -0.3 is 9.64 Å². The fourth-order valence-corrected chi connectivity index (χ4v) is 3.57. The summed E-state index contributed by atoms with van der Waals surface area (Å²) in [6.45, 7) is 15.4. The molecule has 24 heavy (non-hydrogen) atoms. The van der Waals surface area contributed by atoms with Crippen LogP contribution < -0.4 is 4.90 Å². The van der Waals surface area contributed by atoms with E-state index in [-0.39, 0.29) is 5.60 Å². The Morgan fingerprint density at radius 3 is 2.83 bits per heavy atom. The van der Waals surface area contributed by atoms with Gasteiger partial charge in [-0.1, -0.05) is 12.2 Å². The van der Waals surface area contributed by atoms with E-state index in [0.717, 1.165) is 47.7 Å². The Morgan fingerprint density at radius 2 is 2.21 bits per heavy atom. The number of anilines is 1. The molecule has 0 aromatic carbocycles. The molecule has 6 nitrogen and oxygen atoms in total. The molecule has 0 N–H and O–H groups in total. The number of nitrogens with zero attached hydrogens (tertiary/aromatic N) is 5. The maximum Gasteiger partial charge on any atom is 0.227 e. The zero-order chi connectivity index (χ0) is 17.3. The molecule has 1 fully saturated rings. The Labute approximate surface area is 147 Å². The van der Waals surface area contributed by atoms with Gasteiger partial charge in [-0.05, 0) is 27.7 Å². The topological polar surface area (TPSA) is 56.1 Å². The number of thiazole rings is 1. The van der Waals surface area contributed by atoms with Crippen molar-refractivity contribution in [1.82, 2.24) is 19.7 Å². The van der Waals surface area contributed by atoms with E-state index in [1.54, 1.807) is 11.3 Å². The number of rotatable bonds is 5. The average Bonchev–Trinajstić information content (AvgIpc) is 3.05. The van der Waals surface area contributed by atoms with Crippen LogP contribution in [0.25, 0.3) is 0 Å². The molecule has 2 aromatic rings. The molecule has 0 saturated carbocycles. The van der Waals surface area contributed by atoms with E-state index in [4.69, 9.17) is 4.74 Å². The average molecular weight is 347 g/mol. The normalized spacial score (nSPS) is 17.2. The van der Waals surface area contributed by atoms with Gasteiger partial charge in [-0.2, -0.15) is 0 Å². The lowest BCUT2D eigenvalue weighted by Gasteiger charge is -2.38. The summed E-state index contributed by atoms with van der Waals surface area (Å²) in [6.07, 6.45) is 0.693. The van der Waals surface area contributed by atoms with Crippen LogP contribution in [0.5, 0.6) is 0 Å². The van der Waals surface area contributed by atoms with Crippen LogP contribution in [0.3, 0.4) is 0 Å². The lowest BCUT2D eigenvalue weighted by molar-refractivity contribution is -0.0283. The van der Waals surface area contributed by atoms with Crippen LogP contribution >= 0.6 is 11.3 Å². The molecular weight excluding hydrogens is 322 g/mol. The van der Waals surface area contributed by atoms with Gasteiger partial charge in [0.15, 0.2) is 0 Å². The fraction of sp³-hybridized carbons (Fsp3) is 0.588. The van der Waals surface area contributed by atoms with Crippen molar-refractivity contribution in [3.8, 4) is 0 Å². The number of allylic oxidation sites excluding steroid dienone is 1.